The molecule has 0 heterocycles. The van der Waals surface area contributed by atoms with Gasteiger partial charge >= 0.3 is 10.1 Å². The highest BCUT2D eigenvalue weighted by Gasteiger charge is 2.22. The van der Waals surface area contributed by atoms with Crippen LogP contribution in [0.2, 0.25) is 10.0 Å². The van der Waals surface area contributed by atoms with Crippen molar-refractivity contribution >= 4 is 33.3 Å². The van der Waals surface area contributed by atoms with Crippen LogP contribution in [-0.4, -0.2) is 15.5 Å². The van der Waals surface area contributed by atoms with Crippen molar-refractivity contribution in [3.63, 3.8) is 0 Å². The van der Waals surface area contributed by atoms with Crippen molar-refractivity contribution < 1.29 is 17.3 Å². The Morgan fingerprint density at radius 2 is 1.76 bits per heavy atom. The Bertz CT molecular complexity index is 773. The van der Waals surface area contributed by atoms with E-state index in [-0.39, 0.29) is 21.4 Å². The molecule has 0 radical (unpaired) electrons. The van der Waals surface area contributed by atoms with Gasteiger partial charge in [-0.2, -0.15) is 8.42 Å². The summed E-state index contributed by atoms with van der Waals surface area (Å²) in [6.45, 7) is 1.75. The highest BCUT2D eigenvalue weighted by Crippen LogP contribution is 2.30. The van der Waals surface area contributed by atoms with E-state index >= 15 is 0 Å². The Morgan fingerprint density at radius 1 is 1.05 bits per heavy atom. The topological polar surface area (TPSA) is 52.6 Å². The molecule has 0 aliphatic carbocycles. The number of ether oxygens (including phenoxy) is 1. The van der Waals surface area contributed by atoms with Crippen molar-refractivity contribution in [3.05, 3.63) is 52.0 Å². The first-order valence-electron chi connectivity index (χ1n) is 5.87. The van der Waals surface area contributed by atoms with Gasteiger partial charge in [0.05, 0.1) is 7.11 Å². The molecule has 2 aromatic rings. The molecular weight excluding hydrogens is 335 g/mol. The predicted octanol–water partition coefficient (Wildman–Crippen LogP) is 4.08. The first-order chi connectivity index (χ1) is 9.83. The molecular formula is C14H12Cl2O4S. The Labute approximate surface area is 133 Å². The molecule has 112 valence electrons. The highest BCUT2D eigenvalue weighted by atomic mass is 35.5. The Morgan fingerprint density at radius 3 is 2.38 bits per heavy atom. The van der Waals surface area contributed by atoms with Gasteiger partial charge in [-0.05, 0) is 48.9 Å². The van der Waals surface area contributed by atoms with Crippen LogP contribution in [0, 0.1) is 6.92 Å². The zero-order valence-corrected chi connectivity index (χ0v) is 13.6. The number of benzene rings is 2. The number of methoxy groups -OCH3 is 1. The van der Waals surface area contributed by atoms with Gasteiger partial charge in [0.2, 0.25) is 0 Å². The van der Waals surface area contributed by atoms with Gasteiger partial charge < -0.3 is 8.92 Å². The summed E-state index contributed by atoms with van der Waals surface area (Å²) in [5.74, 6) is 0.323. The van der Waals surface area contributed by atoms with Crippen molar-refractivity contribution in [1.29, 1.82) is 0 Å². The summed E-state index contributed by atoms with van der Waals surface area (Å²) < 4.78 is 34.8. The van der Waals surface area contributed by atoms with Crippen LogP contribution < -0.4 is 8.92 Å². The number of rotatable bonds is 4. The van der Waals surface area contributed by atoms with E-state index in [2.05, 4.69) is 0 Å². The molecule has 2 aromatic carbocycles. The third kappa shape index (κ3) is 3.61. The summed E-state index contributed by atoms with van der Waals surface area (Å²) in [6, 6.07) is 8.85. The molecule has 0 aliphatic heterocycles. The largest absolute Gasteiger partial charge is 0.495 e. The van der Waals surface area contributed by atoms with Crippen LogP contribution >= 0.6 is 23.2 Å². The average Bonchev–Trinajstić information content (AvgIpc) is 2.42. The van der Waals surface area contributed by atoms with E-state index in [1.165, 1.54) is 37.4 Å². The first-order valence-corrected chi connectivity index (χ1v) is 8.04. The zero-order chi connectivity index (χ0) is 15.6. The van der Waals surface area contributed by atoms with Gasteiger partial charge in [-0.1, -0.05) is 23.2 Å². The number of hydrogen-bond donors (Lipinski definition) is 0. The number of halogens is 2. The second kappa shape index (κ2) is 6.13. The minimum Gasteiger partial charge on any atom is -0.495 e. The SMILES string of the molecule is COc1ccc(Cl)cc1S(=O)(=O)Oc1ccc(Cl)c(C)c1. The Hall–Kier alpha value is -1.43. The molecule has 0 aromatic heterocycles. The van der Waals surface area contributed by atoms with Crippen LogP contribution in [-0.2, 0) is 10.1 Å². The summed E-state index contributed by atoms with van der Waals surface area (Å²) in [5, 5.41) is 0.797. The molecule has 0 saturated carbocycles. The summed E-state index contributed by atoms with van der Waals surface area (Å²) >= 11 is 11.7. The molecule has 2 rings (SSSR count). The molecule has 21 heavy (non-hydrogen) atoms. The lowest BCUT2D eigenvalue weighted by Crippen LogP contribution is -2.11. The maximum atomic E-state index is 12.3. The summed E-state index contributed by atoms with van der Waals surface area (Å²) in [5.41, 5.74) is 0.711. The molecule has 0 N–H and O–H groups in total. The van der Waals surface area contributed by atoms with Crippen LogP contribution in [0.1, 0.15) is 5.56 Å². The van der Waals surface area contributed by atoms with Gasteiger partial charge in [0.25, 0.3) is 0 Å². The van der Waals surface area contributed by atoms with Crippen molar-refractivity contribution in [3.8, 4) is 11.5 Å². The van der Waals surface area contributed by atoms with Crippen LogP contribution in [0.5, 0.6) is 11.5 Å². The highest BCUT2D eigenvalue weighted by molar-refractivity contribution is 7.87. The molecule has 7 heteroatoms. The smallest absolute Gasteiger partial charge is 0.342 e. The monoisotopic (exact) mass is 346 g/mol. The van der Waals surface area contributed by atoms with Crippen LogP contribution in [0.4, 0.5) is 0 Å². The summed E-state index contributed by atoms with van der Waals surface area (Å²) in [4.78, 5) is -0.134. The predicted molar refractivity (Wildman–Crippen MR) is 82.0 cm³/mol. The van der Waals surface area contributed by atoms with E-state index in [4.69, 9.17) is 32.1 Å². The number of hydrogen-bond acceptors (Lipinski definition) is 4. The van der Waals surface area contributed by atoms with Gasteiger partial charge in [0, 0.05) is 10.0 Å². The van der Waals surface area contributed by atoms with Crippen molar-refractivity contribution in [2.24, 2.45) is 0 Å². The molecule has 0 saturated heterocycles. The Kier molecular flexibility index (Phi) is 4.66. The molecule has 0 atom stereocenters. The second-order valence-electron chi connectivity index (χ2n) is 4.24. The third-order valence-corrected chi connectivity index (χ3v) is 4.66. The quantitative estimate of drug-likeness (QED) is 0.782. The van der Waals surface area contributed by atoms with Crippen molar-refractivity contribution in [2.75, 3.05) is 7.11 Å². The molecule has 0 spiro atoms. The van der Waals surface area contributed by atoms with Gasteiger partial charge in [-0.25, -0.2) is 0 Å². The van der Waals surface area contributed by atoms with E-state index in [0.717, 1.165) is 0 Å². The van der Waals surface area contributed by atoms with Crippen molar-refractivity contribution in [2.45, 2.75) is 11.8 Å². The second-order valence-corrected chi connectivity index (χ2v) is 6.60. The number of aryl methyl sites for hydroxylation is 1. The lowest BCUT2D eigenvalue weighted by molar-refractivity contribution is 0.398. The summed E-state index contributed by atoms with van der Waals surface area (Å²) in [7, 11) is -2.69. The van der Waals surface area contributed by atoms with Gasteiger partial charge in [0.15, 0.2) is 0 Å². The lowest BCUT2D eigenvalue weighted by Gasteiger charge is -2.11. The standard InChI is InChI=1S/C14H12Cl2O4S/c1-9-7-11(4-5-12(9)16)20-21(17,18)14-8-10(15)3-6-13(14)19-2/h3-8H,1-2H3. The van der Waals surface area contributed by atoms with Crippen molar-refractivity contribution in [1.82, 2.24) is 0 Å². The fourth-order valence-electron chi connectivity index (χ4n) is 1.69. The van der Waals surface area contributed by atoms with Gasteiger partial charge in [0.1, 0.15) is 16.4 Å². The van der Waals surface area contributed by atoms with E-state index < -0.39 is 10.1 Å². The molecule has 0 amide bonds. The average molecular weight is 347 g/mol. The van der Waals surface area contributed by atoms with Gasteiger partial charge in [-0.15, -0.1) is 0 Å². The normalized spacial score (nSPS) is 11.2. The molecule has 0 unspecified atom stereocenters. The maximum Gasteiger partial charge on any atom is 0.342 e. The van der Waals surface area contributed by atoms with Crippen LogP contribution in [0.3, 0.4) is 0 Å². The third-order valence-electron chi connectivity index (χ3n) is 2.73. The maximum absolute atomic E-state index is 12.3. The molecule has 0 fully saturated rings. The minimum absolute atomic E-state index is 0.134. The fourth-order valence-corrected chi connectivity index (χ4v) is 3.16. The van der Waals surface area contributed by atoms with Crippen LogP contribution in [0.25, 0.3) is 0 Å². The first kappa shape index (κ1) is 15.9. The van der Waals surface area contributed by atoms with E-state index in [9.17, 15) is 8.42 Å². The van der Waals surface area contributed by atoms with Gasteiger partial charge in [-0.3, -0.25) is 0 Å². The minimum atomic E-state index is -4.06. The van der Waals surface area contributed by atoms with E-state index in [1.54, 1.807) is 13.0 Å². The van der Waals surface area contributed by atoms with Crippen LogP contribution in [0.15, 0.2) is 41.3 Å². The fraction of sp³-hybridized carbons (Fsp3) is 0.143. The molecule has 0 bridgehead atoms. The van der Waals surface area contributed by atoms with E-state index in [0.29, 0.717) is 10.6 Å². The summed E-state index contributed by atoms with van der Waals surface area (Å²) in [6.07, 6.45) is 0. The molecule has 0 aliphatic rings. The lowest BCUT2D eigenvalue weighted by atomic mass is 10.2. The van der Waals surface area contributed by atoms with E-state index in [1.807, 2.05) is 0 Å². The zero-order valence-electron chi connectivity index (χ0n) is 11.3. The molecule has 4 nitrogen and oxygen atoms in total. The Balaban J connectivity index is 2.42.